The molecule has 2 atom stereocenters. The first-order chi connectivity index (χ1) is 27.3. The third-order valence-electron chi connectivity index (χ3n) is 11.1. The lowest BCUT2D eigenvalue weighted by Crippen LogP contribution is -2.11. The first-order valence-electron chi connectivity index (χ1n) is 21.1. The number of fused-ring (bicyclic) bond motifs is 3. The normalized spacial score (nSPS) is 13.1. The maximum absolute atomic E-state index is 6.92. The summed E-state index contributed by atoms with van der Waals surface area (Å²) in [5.41, 5.74) is 4.31. The molecule has 9 heteroatoms. The molecule has 298 valence electrons. The van der Waals surface area contributed by atoms with E-state index in [-0.39, 0.29) is 0 Å². The minimum atomic E-state index is 0.481. The maximum Gasteiger partial charge on any atom is 0.146 e. The predicted molar refractivity (Wildman–Crippen MR) is 247 cm³/mol. The number of benzene rings is 2. The van der Waals surface area contributed by atoms with E-state index in [4.69, 9.17) is 19.7 Å². The third kappa shape index (κ3) is 9.06. The van der Waals surface area contributed by atoms with Crippen molar-refractivity contribution in [1.29, 1.82) is 0 Å². The van der Waals surface area contributed by atoms with Gasteiger partial charge in [0, 0.05) is 51.2 Å². The SMILES string of the molecule is CCCCCCCCn1nc2c(-c3ccc(C)s3)ccc(-c3ccc(-c4cc5c(OCC(C)CC)c6sc(C)cc6c(OCC(CC)CCCC)c5s4)s3)c2n1. The van der Waals surface area contributed by atoms with Crippen LogP contribution in [-0.4, -0.2) is 28.2 Å². The lowest BCUT2D eigenvalue weighted by Gasteiger charge is -2.18. The molecule has 7 aromatic rings. The van der Waals surface area contributed by atoms with E-state index in [1.54, 1.807) is 0 Å². The molecule has 5 heterocycles. The van der Waals surface area contributed by atoms with Gasteiger partial charge in [0.05, 0.1) is 29.2 Å². The third-order valence-corrected chi connectivity index (χ3v) is 15.7. The van der Waals surface area contributed by atoms with Gasteiger partial charge < -0.3 is 9.47 Å². The first kappa shape index (κ1) is 40.9. The number of thiophene rings is 4. The van der Waals surface area contributed by atoms with Crippen molar-refractivity contribution in [3.8, 4) is 42.1 Å². The summed E-state index contributed by atoms with van der Waals surface area (Å²) in [5, 5.41) is 12.7. The Balaban J connectivity index is 1.27. The fourth-order valence-electron chi connectivity index (χ4n) is 7.44. The van der Waals surface area contributed by atoms with Crippen molar-refractivity contribution < 1.29 is 9.47 Å². The van der Waals surface area contributed by atoms with Crippen LogP contribution in [0.2, 0.25) is 0 Å². The molecule has 0 aliphatic rings. The minimum Gasteiger partial charge on any atom is -0.491 e. The standard InChI is InChI=1S/C47H59N3O2S4/c1-8-12-14-15-16-17-25-50-48-42-34(38-22-19-31(6)53-38)20-21-35(43(42)49-50)39-23-24-40(55-39)41-27-37-45(51-28-30(5)10-3)46-36(26-32(7)54-46)44(47(37)56-41)52-29-33(11-4)18-13-9-2/h19-24,26-27,30,33H,8-18,25,28-29H2,1-7H3. The molecular weight excluding hydrogens is 767 g/mol. The molecule has 5 nitrogen and oxygen atoms in total. The molecule has 0 aliphatic carbocycles. The zero-order chi connectivity index (χ0) is 39.2. The summed E-state index contributed by atoms with van der Waals surface area (Å²) in [7, 11) is 0. The van der Waals surface area contributed by atoms with Gasteiger partial charge in [0.1, 0.15) is 22.5 Å². The Labute approximate surface area is 350 Å². The molecule has 0 spiro atoms. The topological polar surface area (TPSA) is 49.2 Å². The van der Waals surface area contributed by atoms with Crippen LogP contribution in [0.5, 0.6) is 11.5 Å². The Bertz CT molecular complexity index is 2360. The summed E-state index contributed by atoms with van der Waals surface area (Å²) >= 11 is 7.34. The summed E-state index contributed by atoms with van der Waals surface area (Å²) in [6.07, 6.45) is 13.4. The lowest BCUT2D eigenvalue weighted by atomic mass is 10.0. The summed E-state index contributed by atoms with van der Waals surface area (Å²) < 4.78 is 16.1. The smallest absolute Gasteiger partial charge is 0.146 e. The Morgan fingerprint density at radius 2 is 1.21 bits per heavy atom. The second kappa shape index (κ2) is 19.0. The van der Waals surface area contributed by atoms with Crippen LogP contribution in [0.25, 0.3) is 61.8 Å². The number of ether oxygens (including phenoxy) is 2. The molecule has 7 rings (SSSR count). The van der Waals surface area contributed by atoms with Crippen LogP contribution in [0.3, 0.4) is 0 Å². The van der Waals surface area contributed by atoms with Crippen molar-refractivity contribution in [2.45, 2.75) is 126 Å². The number of hydrogen-bond donors (Lipinski definition) is 0. The van der Waals surface area contributed by atoms with Gasteiger partial charge >= 0.3 is 0 Å². The molecule has 0 saturated carbocycles. The summed E-state index contributed by atoms with van der Waals surface area (Å²) in [6, 6.07) is 18.2. The van der Waals surface area contributed by atoms with Gasteiger partial charge in [0.25, 0.3) is 0 Å². The van der Waals surface area contributed by atoms with Crippen LogP contribution in [-0.2, 0) is 6.54 Å². The first-order valence-corrected chi connectivity index (χ1v) is 24.4. The lowest BCUT2D eigenvalue weighted by molar-refractivity contribution is 0.238. The van der Waals surface area contributed by atoms with Gasteiger partial charge in [-0.1, -0.05) is 105 Å². The van der Waals surface area contributed by atoms with Gasteiger partial charge in [-0.3, -0.25) is 0 Å². The van der Waals surface area contributed by atoms with Gasteiger partial charge in [-0.25, -0.2) is 0 Å². The highest BCUT2D eigenvalue weighted by Gasteiger charge is 2.24. The molecule has 0 radical (unpaired) electrons. The van der Waals surface area contributed by atoms with E-state index in [9.17, 15) is 0 Å². The predicted octanol–water partition coefficient (Wildman–Crippen LogP) is 16.0. The highest BCUT2D eigenvalue weighted by atomic mass is 32.1. The van der Waals surface area contributed by atoms with Crippen molar-refractivity contribution in [2.75, 3.05) is 13.2 Å². The maximum atomic E-state index is 6.92. The van der Waals surface area contributed by atoms with Gasteiger partial charge in [-0.05, 0) is 74.9 Å². The molecule has 0 fully saturated rings. The Morgan fingerprint density at radius 3 is 1.89 bits per heavy atom. The number of unbranched alkanes of at least 4 members (excludes halogenated alkanes) is 6. The minimum absolute atomic E-state index is 0.481. The van der Waals surface area contributed by atoms with E-state index in [0.717, 1.165) is 60.5 Å². The average molecular weight is 826 g/mol. The number of aromatic nitrogens is 3. The molecule has 56 heavy (non-hydrogen) atoms. The van der Waals surface area contributed by atoms with Crippen molar-refractivity contribution >= 4 is 76.6 Å². The number of rotatable bonds is 21. The van der Waals surface area contributed by atoms with Crippen molar-refractivity contribution in [3.63, 3.8) is 0 Å². The molecular formula is C47H59N3O2S4. The fourth-order valence-corrected chi connectivity index (χ4v) is 11.6. The Morgan fingerprint density at radius 1 is 0.589 bits per heavy atom. The van der Waals surface area contributed by atoms with Crippen molar-refractivity contribution in [2.24, 2.45) is 11.8 Å². The van der Waals surface area contributed by atoms with Gasteiger partial charge in [-0.2, -0.15) is 15.0 Å². The summed E-state index contributed by atoms with van der Waals surface area (Å²) in [4.78, 5) is 9.51. The van der Waals surface area contributed by atoms with Crippen LogP contribution in [0.15, 0.2) is 48.5 Å². The van der Waals surface area contributed by atoms with Crippen LogP contribution in [0.1, 0.15) is 115 Å². The molecule has 0 bridgehead atoms. The van der Waals surface area contributed by atoms with E-state index in [1.165, 1.54) is 106 Å². The Hall–Kier alpha value is -3.24. The second-order valence-electron chi connectivity index (χ2n) is 15.7. The van der Waals surface area contributed by atoms with Crippen LogP contribution >= 0.6 is 45.3 Å². The molecule has 0 aliphatic heterocycles. The van der Waals surface area contributed by atoms with E-state index in [1.807, 2.05) is 50.1 Å². The highest BCUT2D eigenvalue weighted by molar-refractivity contribution is 7.27. The molecule has 2 aromatic carbocycles. The zero-order valence-electron chi connectivity index (χ0n) is 34.5. The molecule has 2 unspecified atom stereocenters. The van der Waals surface area contributed by atoms with E-state index in [0.29, 0.717) is 18.4 Å². The van der Waals surface area contributed by atoms with E-state index < -0.39 is 0 Å². The fraction of sp³-hybridized carbons (Fsp3) is 0.489. The number of aryl methyl sites for hydroxylation is 3. The van der Waals surface area contributed by atoms with Gasteiger partial charge in [0.15, 0.2) is 0 Å². The Kier molecular flexibility index (Phi) is 13.9. The molecule has 0 N–H and O–H groups in total. The van der Waals surface area contributed by atoms with Gasteiger partial charge in [-0.15, -0.1) is 45.3 Å². The second-order valence-corrected chi connectivity index (χ2v) is 20.3. The van der Waals surface area contributed by atoms with E-state index >= 15 is 0 Å². The van der Waals surface area contributed by atoms with Crippen LogP contribution in [0.4, 0.5) is 0 Å². The largest absolute Gasteiger partial charge is 0.491 e. The zero-order valence-corrected chi connectivity index (χ0v) is 37.7. The average Bonchev–Trinajstić information content (AvgIpc) is 4.05. The monoisotopic (exact) mass is 825 g/mol. The number of nitrogens with zero attached hydrogens (tertiary/aromatic N) is 3. The van der Waals surface area contributed by atoms with Crippen LogP contribution in [0, 0.1) is 25.7 Å². The molecule has 0 amide bonds. The quantitative estimate of drug-likeness (QED) is 0.0677. The highest BCUT2D eigenvalue weighted by Crippen LogP contribution is 2.52. The van der Waals surface area contributed by atoms with Crippen molar-refractivity contribution in [3.05, 3.63) is 58.3 Å². The molecule has 0 saturated heterocycles. The summed E-state index contributed by atoms with van der Waals surface area (Å²) in [6.45, 7) is 18.0. The number of hydrogen-bond acceptors (Lipinski definition) is 8. The van der Waals surface area contributed by atoms with Crippen LogP contribution < -0.4 is 9.47 Å². The van der Waals surface area contributed by atoms with Gasteiger partial charge in [0.2, 0.25) is 0 Å². The molecule has 5 aromatic heterocycles. The van der Waals surface area contributed by atoms with E-state index in [2.05, 4.69) is 97.0 Å². The summed E-state index contributed by atoms with van der Waals surface area (Å²) in [5.74, 6) is 3.08. The van der Waals surface area contributed by atoms with Crippen molar-refractivity contribution in [1.82, 2.24) is 15.0 Å².